The van der Waals surface area contributed by atoms with Gasteiger partial charge in [0.25, 0.3) is 0 Å². The van der Waals surface area contributed by atoms with E-state index in [0.29, 0.717) is 0 Å². The zero-order valence-electron chi connectivity index (χ0n) is 21.2. The van der Waals surface area contributed by atoms with Gasteiger partial charge in [-0.25, -0.2) is 15.0 Å². The third kappa shape index (κ3) is 4.83. The molecule has 6 rings (SSSR count). The summed E-state index contributed by atoms with van der Waals surface area (Å²) in [6.45, 7) is 6.59. The summed E-state index contributed by atoms with van der Waals surface area (Å²) in [7, 11) is 0. The lowest BCUT2D eigenvalue weighted by atomic mass is 9.96. The fraction of sp³-hybridized carbons (Fsp3) is 0.571. The van der Waals surface area contributed by atoms with Crippen LogP contribution >= 0.6 is 0 Å². The molecule has 0 saturated carbocycles. The third-order valence-electron chi connectivity index (χ3n) is 8.20. The highest BCUT2D eigenvalue weighted by atomic mass is 16.1. The molecule has 0 aliphatic carbocycles. The molecule has 0 bridgehead atoms. The Morgan fingerprint density at radius 1 is 0.972 bits per heavy atom. The second-order valence-corrected chi connectivity index (χ2v) is 10.6. The minimum Gasteiger partial charge on any atom is -0.356 e. The van der Waals surface area contributed by atoms with Crippen molar-refractivity contribution in [2.75, 3.05) is 37.6 Å². The number of rotatable bonds is 6. The lowest BCUT2D eigenvalue weighted by Gasteiger charge is -2.32. The first-order valence-corrected chi connectivity index (χ1v) is 13.8. The highest BCUT2D eigenvalue weighted by Crippen LogP contribution is 2.29. The van der Waals surface area contributed by atoms with Gasteiger partial charge >= 0.3 is 0 Å². The first-order valence-electron chi connectivity index (χ1n) is 13.8. The summed E-state index contributed by atoms with van der Waals surface area (Å²) >= 11 is 0. The van der Waals surface area contributed by atoms with Crippen molar-refractivity contribution in [1.82, 2.24) is 29.7 Å². The van der Waals surface area contributed by atoms with Crippen molar-refractivity contribution in [2.45, 2.75) is 64.5 Å². The zero-order valence-corrected chi connectivity index (χ0v) is 21.2. The van der Waals surface area contributed by atoms with Crippen LogP contribution in [-0.4, -0.2) is 63.0 Å². The molecule has 1 aromatic carbocycles. The summed E-state index contributed by atoms with van der Waals surface area (Å²) in [5, 5.41) is 3.21. The average molecular weight is 488 g/mol. The Morgan fingerprint density at radius 2 is 1.83 bits per heavy atom. The van der Waals surface area contributed by atoms with Crippen LogP contribution in [0.2, 0.25) is 0 Å². The molecule has 3 aromatic rings. The molecule has 1 N–H and O–H groups in total. The van der Waals surface area contributed by atoms with Gasteiger partial charge in [0.1, 0.15) is 12.2 Å². The Hall–Kier alpha value is -3.00. The molecule has 1 saturated heterocycles. The molecule has 0 radical (unpaired) electrons. The van der Waals surface area contributed by atoms with Crippen molar-refractivity contribution in [1.29, 1.82) is 0 Å². The Morgan fingerprint density at radius 3 is 2.72 bits per heavy atom. The highest BCUT2D eigenvalue weighted by molar-refractivity contribution is 5.84. The van der Waals surface area contributed by atoms with Crippen molar-refractivity contribution >= 4 is 22.9 Å². The van der Waals surface area contributed by atoms with E-state index in [2.05, 4.69) is 53.9 Å². The highest BCUT2D eigenvalue weighted by Gasteiger charge is 2.28. The Bertz CT molecular complexity index is 1210. The van der Waals surface area contributed by atoms with Crippen molar-refractivity contribution in [3.8, 4) is 0 Å². The van der Waals surface area contributed by atoms with Crippen molar-refractivity contribution in [3.63, 3.8) is 0 Å². The number of aromatic nitrogens is 4. The molecule has 0 spiro atoms. The number of carbonyl (C=O) groups excluding carboxylic acids is 1. The van der Waals surface area contributed by atoms with Gasteiger partial charge in [-0.15, -0.1) is 0 Å². The first-order chi connectivity index (χ1) is 17.8. The number of carbonyl (C=O) groups is 1. The minimum absolute atomic E-state index is 0.0826. The number of imidazole rings is 1. The molecule has 5 heterocycles. The summed E-state index contributed by atoms with van der Waals surface area (Å²) < 4.78 is 2.29. The van der Waals surface area contributed by atoms with E-state index in [-0.39, 0.29) is 11.8 Å². The zero-order chi connectivity index (χ0) is 24.3. The minimum atomic E-state index is 0.0826. The van der Waals surface area contributed by atoms with Gasteiger partial charge in [0, 0.05) is 58.2 Å². The number of benzene rings is 1. The number of piperidine rings is 1. The van der Waals surface area contributed by atoms with Crippen LogP contribution in [-0.2, 0) is 30.7 Å². The van der Waals surface area contributed by atoms with Crippen molar-refractivity contribution in [2.24, 2.45) is 5.92 Å². The predicted molar refractivity (Wildman–Crippen MR) is 141 cm³/mol. The predicted octanol–water partition coefficient (Wildman–Crippen LogP) is 3.33. The second kappa shape index (κ2) is 10.5. The Balaban J connectivity index is 0.983. The molecule has 2 aromatic heterocycles. The standard InChI is InChI=1S/C28H37N7O/c36-28(29-13-6-14-33-16-10-21-7-3-4-8-23(21)19-33)22-11-17-34(18-12-22)26-25-27(31-20-30-26)35-15-5-1-2-9-24(35)32-25/h3-4,7-8,20,22H,1-2,5-6,9-19H2,(H,29,36). The van der Waals surface area contributed by atoms with Crippen molar-refractivity contribution in [3.05, 3.63) is 47.5 Å². The molecule has 0 atom stereocenters. The van der Waals surface area contributed by atoms with E-state index in [4.69, 9.17) is 4.98 Å². The number of fused-ring (bicyclic) bond motifs is 4. The summed E-state index contributed by atoms with van der Waals surface area (Å²) in [6.07, 6.45) is 10.2. The number of hydrogen-bond acceptors (Lipinski definition) is 6. The van der Waals surface area contributed by atoms with Crippen LogP contribution in [0.15, 0.2) is 30.6 Å². The van der Waals surface area contributed by atoms with E-state index in [1.807, 2.05) is 0 Å². The van der Waals surface area contributed by atoms with E-state index < -0.39 is 0 Å². The molecule has 0 unspecified atom stereocenters. The monoisotopic (exact) mass is 487 g/mol. The fourth-order valence-electron chi connectivity index (χ4n) is 6.11. The molecular weight excluding hydrogens is 450 g/mol. The molecule has 3 aliphatic rings. The van der Waals surface area contributed by atoms with Crippen LogP contribution in [0.25, 0.3) is 11.2 Å². The van der Waals surface area contributed by atoms with Crippen LogP contribution < -0.4 is 10.2 Å². The maximum Gasteiger partial charge on any atom is 0.223 e. The molecule has 190 valence electrons. The van der Waals surface area contributed by atoms with E-state index in [1.165, 1.54) is 30.4 Å². The largest absolute Gasteiger partial charge is 0.356 e. The van der Waals surface area contributed by atoms with Crippen LogP contribution in [0, 0.1) is 5.92 Å². The Labute approximate surface area is 213 Å². The number of aryl methyl sites for hydroxylation is 2. The quantitative estimate of drug-likeness (QED) is 0.538. The van der Waals surface area contributed by atoms with E-state index in [9.17, 15) is 4.79 Å². The lowest BCUT2D eigenvalue weighted by Crippen LogP contribution is -2.41. The number of amides is 1. The van der Waals surface area contributed by atoms with E-state index >= 15 is 0 Å². The van der Waals surface area contributed by atoms with Gasteiger partial charge in [-0.05, 0) is 49.7 Å². The van der Waals surface area contributed by atoms with E-state index in [1.54, 1.807) is 6.33 Å². The van der Waals surface area contributed by atoms with Gasteiger partial charge < -0.3 is 14.8 Å². The van der Waals surface area contributed by atoms with Crippen molar-refractivity contribution < 1.29 is 4.79 Å². The molecule has 1 fully saturated rings. The number of nitrogens with one attached hydrogen (secondary N) is 1. The van der Waals surface area contributed by atoms with Gasteiger partial charge in [-0.1, -0.05) is 30.7 Å². The normalized spacial score (nSPS) is 19.1. The van der Waals surface area contributed by atoms with Crippen LogP contribution in [0.5, 0.6) is 0 Å². The molecular formula is C28H37N7O. The van der Waals surface area contributed by atoms with Gasteiger partial charge in [0.2, 0.25) is 5.91 Å². The third-order valence-corrected chi connectivity index (χ3v) is 8.20. The van der Waals surface area contributed by atoms with Gasteiger partial charge in [-0.2, -0.15) is 0 Å². The van der Waals surface area contributed by atoms with Crippen LogP contribution in [0.3, 0.4) is 0 Å². The van der Waals surface area contributed by atoms with Gasteiger partial charge in [0.05, 0.1) is 0 Å². The molecule has 8 nitrogen and oxygen atoms in total. The summed E-state index contributed by atoms with van der Waals surface area (Å²) in [6, 6.07) is 8.75. The Kier molecular flexibility index (Phi) is 6.86. The lowest BCUT2D eigenvalue weighted by molar-refractivity contribution is -0.125. The fourth-order valence-corrected chi connectivity index (χ4v) is 6.11. The molecule has 36 heavy (non-hydrogen) atoms. The summed E-state index contributed by atoms with van der Waals surface area (Å²) in [5.74, 6) is 2.37. The van der Waals surface area contributed by atoms with E-state index in [0.717, 1.165) is 101 Å². The number of anilines is 1. The SMILES string of the molecule is O=C(NCCCN1CCc2ccccc2C1)C1CCN(c2ncnc3c2nc2n3CCCCC2)CC1. The molecule has 8 heteroatoms. The van der Waals surface area contributed by atoms with Gasteiger partial charge in [0.15, 0.2) is 17.0 Å². The average Bonchev–Trinajstić information content (AvgIpc) is 3.11. The summed E-state index contributed by atoms with van der Waals surface area (Å²) in [5.41, 5.74) is 4.83. The molecule has 1 amide bonds. The maximum atomic E-state index is 12.8. The smallest absolute Gasteiger partial charge is 0.223 e. The number of nitrogens with zero attached hydrogens (tertiary/aromatic N) is 6. The molecule has 3 aliphatic heterocycles. The van der Waals surface area contributed by atoms with Crippen LogP contribution in [0.1, 0.15) is 55.5 Å². The van der Waals surface area contributed by atoms with Gasteiger partial charge in [-0.3, -0.25) is 9.69 Å². The number of hydrogen-bond donors (Lipinski definition) is 1. The topological polar surface area (TPSA) is 79.2 Å². The first kappa shape index (κ1) is 23.4. The van der Waals surface area contributed by atoms with Crippen LogP contribution in [0.4, 0.5) is 5.82 Å². The summed E-state index contributed by atoms with van der Waals surface area (Å²) in [4.78, 5) is 31.8. The maximum absolute atomic E-state index is 12.8. The second-order valence-electron chi connectivity index (χ2n) is 10.6.